The Morgan fingerprint density at radius 2 is 2.00 bits per heavy atom. The summed E-state index contributed by atoms with van der Waals surface area (Å²) in [5.41, 5.74) is -2.31. The van der Waals surface area contributed by atoms with Gasteiger partial charge in [-0.1, -0.05) is 18.2 Å². The molecule has 2 amide bonds. The topological polar surface area (TPSA) is 134 Å². The van der Waals surface area contributed by atoms with Crippen molar-refractivity contribution in [2.75, 3.05) is 13.2 Å². The Kier molecular flexibility index (Phi) is 6.82. The number of ether oxygens (including phenoxy) is 2. The number of carbonyl (C=O) groups is 4. The minimum Gasteiger partial charge on any atom is -0.544 e. The Balaban J connectivity index is 0.00000261. The predicted molar refractivity (Wildman–Crippen MR) is 79.7 cm³/mol. The number of carboxylic acid groups (broad SMARTS) is 1. The second-order valence-corrected chi connectivity index (χ2v) is 5.70. The zero-order valence-corrected chi connectivity index (χ0v) is 16.5. The van der Waals surface area contributed by atoms with Gasteiger partial charge in [0.05, 0.1) is 6.42 Å². The van der Waals surface area contributed by atoms with Crippen molar-refractivity contribution in [3.05, 3.63) is 30.3 Å². The molecular formula is C16H15N2NaO8. The fourth-order valence-electron chi connectivity index (χ4n) is 2.64. The molecule has 1 aromatic rings. The molecule has 2 fully saturated rings. The number of esters is 1. The van der Waals surface area contributed by atoms with Gasteiger partial charge in [0, 0.05) is 6.42 Å². The normalized spacial score (nSPS) is 24.1. The summed E-state index contributed by atoms with van der Waals surface area (Å²) in [4.78, 5) is 52.1. The van der Waals surface area contributed by atoms with Crippen LogP contribution in [0.5, 0.6) is 5.75 Å². The summed E-state index contributed by atoms with van der Waals surface area (Å²) in [6.07, 6.45) is -0.485. The molecule has 2 atom stereocenters. The number of carboxylic acids is 1. The zero-order chi connectivity index (χ0) is 18.7. The minimum atomic E-state index is -2.31. The number of benzene rings is 1. The third kappa shape index (κ3) is 4.41. The Hall–Kier alpha value is -2.14. The summed E-state index contributed by atoms with van der Waals surface area (Å²) in [7, 11) is 0. The summed E-state index contributed by atoms with van der Waals surface area (Å²) in [5.74, 6) is -3.52. The molecule has 0 aromatic heterocycles. The van der Waals surface area contributed by atoms with Crippen LogP contribution in [0.3, 0.4) is 0 Å². The number of hydrogen-bond donors (Lipinski definition) is 1. The average molecular weight is 386 g/mol. The molecule has 1 N–H and O–H groups in total. The van der Waals surface area contributed by atoms with Crippen LogP contribution >= 0.6 is 0 Å². The van der Waals surface area contributed by atoms with Crippen molar-refractivity contribution in [1.29, 1.82) is 0 Å². The van der Waals surface area contributed by atoms with Gasteiger partial charge in [-0.05, 0) is 12.1 Å². The number of cyclic esters (lactones) is 1. The fourth-order valence-corrected chi connectivity index (χ4v) is 2.64. The first-order valence-electron chi connectivity index (χ1n) is 7.80. The molecule has 0 bridgehead atoms. The third-order valence-electron chi connectivity index (χ3n) is 3.91. The predicted octanol–water partition coefficient (Wildman–Crippen LogP) is -4.89. The van der Waals surface area contributed by atoms with Crippen LogP contribution in [0.1, 0.15) is 12.8 Å². The molecule has 0 saturated carbocycles. The monoisotopic (exact) mass is 386 g/mol. The van der Waals surface area contributed by atoms with Gasteiger partial charge in [0.2, 0.25) is 0 Å². The number of aliphatic carboxylic acids is 1. The van der Waals surface area contributed by atoms with Crippen molar-refractivity contribution in [2.45, 2.75) is 24.6 Å². The van der Waals surface area contributed by atoms with E-state index in [1.165, 1.54) is 0 Å². The van der Waals surface area contributed by atoms with E-state index in [0.29, 0.717) is 10.8 Å². The van der Waals surface area contributed by atoms with E-state index in [-0.39, 0.29) is 55.6 Å². The van der Waals surface area contributed by atoms with Gasteiger partial charge in [-0.15, -0.1) is 0 Å². The summed E-state index contributed by atoms with van der Waals surface area (Å²) in [6.45, 7) is -0.642. The molecule has 2 aliphatic rings. The quantitative estimate of drug-likeness (QED) is 0.380. The van der Waals surface area contributed by atoms with Gasteiger partial charge in [0.25, 0.3) is 17.5 Å². The second kappa shape index (κ2) is 8.70. The van der Waals surface area contributed by atoms with E-state index in [2.05, 4.69) is 5.32 Å². The first kappa shape index (κ1) is 21.2. The van der Waals surface area contributed by atoms with Gasteiger partial charge in [0.15, 0.2) is 6.61 Å². The molecule has 0 spiro atoms. The van der Waals surface area contributed by atoms with E-state index in [9.17, 15) is 24.3 Å². The van der Waals surface area contributed by atoms with Gasteiger partial charge < -0.3 is 24.7 Å². The standard InChI is InChI=1S/C16H16N2O8.Na/c19-12(9-24-10-4-2-1-3-5-10)17-11-8-25-18(14(11)21)16(15(22)23)7-6-13(20)26-16;/h1-5,11H,6-9H2,(H,17,19)(H,22,23);/q;+1/p-1/t11-,16?;/m0./s1. The Morgan fingerprint density at radius 3 is 2.59 bits per heavy atom. The summed E-state index contributed by atoms with van der Waals surface area (Å²) in [6, 6.07) is 7.47. The van der Waals surface area contributed by atoms with Crippen LogP contribution in [0.2, 0.25) is 0 Å². The molecule has 3 rings (SSSR count). The van der Waals surface area contributed by atoms with E-state index in [0.717, 1.165) is 0 Å². The molecule has 138 valence electrons. The molecule has 27 heavy (non-hydrogen) atoms. The van der Waals surface area contributed by atoms with Crippen LogP contribution in [0.15, 0.2) is 30.3 Å². The van der Waals surface area contributed by atoms with Crippen molar-refractivity contribution >= 4 is 23.8 Å². The SMILES string of the molecule is O=C(COc1ccccc1)N[C@H]1CON(C2(C(=O)[O-])CCC(=O)O2)C1=O.[Na+]. The maximum Gasteiger partial charge on any atom is 1.00 e. The van der Waals surface area contributed by atoms with E-state index < -0.39 is 35.5 Å². The summed E-state index contributed by atoms with van der Waals surface area (Å²) < 4.78 is 10.0. The van der Waals surface area contributed by atoms with E-state index in [1.807, 2.05) is 0 Å². The Bertz CT molecular complexity index is 743. The summed E-state index contributed by atoms with van der Waals surface area (Å²) >= 11 is 0. The number of carbonyl (C=O) groups excluding carboxylic acids is 4. The van der Waals surface area contributed by atoms with Crippen LogP contribution in [-0.4, -0.2) is 53.8 Å². The number of amides is 2. The molecular weight excluding hydrogens is 371 g/mol. The van der Waals surface area contributed by atoms with Gasteiger partial charge >= 0.3 is 35.5 Å². The van der Waals surface area contributed by atoms with Crippen molar-refractivity contribution in [2.24, 2.45) is 0 Å². The van der Waals surface area contributed by atoms with E-state index >= 15 is 0 Å². The molecule has 1 unspecified atom stereocenters. The van der Waals surface area contributed by atoms with Crippen molar-refractivity contribution in [3.8, 4) is 5.75 Å². The van der Waals surface area contributed by atoms with Crippen LogP contribution in [0, 0.1) is 0 Å². The minimum absolute atomic E-state index is 0. The van der Waals surface area contributed by atoms with Crippen LogP contribution in [-0.2, 0) is 28.8 Å². The second-order valence-electron chi connectivity index (χ2n) is 5.70. The molecule has 10 nitrogen and oxygen atoms in total. The van der Waals surface area contributed by atoms with Gasteiger partial charge in [0.1, 0.15) is 24.4 Å². The number of hydrogen-bond acceptors (Lipinski definition) is 8. The first-order chi connectivity index (χ1) is 12.4. The average Bonchev–Trinajstić information content (AvgIpc) is 3.18. The van der Waals surface area contributed by atoms with Gasteiger partial charge in [-0.2, -0.15) is 5.06 Å². The van der Waals surface area contributed by atoms with E-state index in [1.54, 1.807) is 30.3 Å². The number of nitrogens with zero attached hydrogens (tertiary/aromatic N) is 1. The number of hydroxylamine groups is 2. The van der Waals surface area contributed by atoms with Crippen LogP contribution in [0.25, 0.3) is 0 Å². The molecule has 0 aliphatic carbocycles. The summed E-state index contributed by atoms with van der Waals surface area (Å²) in [5, 5.41) is 14.3. The fraction of sp³-hybridized carbons (Fsp3) is 0.375. The van der Waals surface area contributed by atoms with E-state index in [4.69, 9.17) is 14.3 Å². The Morgan fingerprint density at radius 1 is 1.30 bits per heavy atom. The number of nitrogens with one attached hydrogen (secondary N) is 1. The van der Waals surface area contributed by atoms with Crippen molar-refractivity contribution < 1.29 is 68.2 Å². The molecule has 1 aromatic carbocycles. The smallest absolute Gasteiger partial charge is 0.544 e. The maximum atomic E-state index is 12.4. The molecule has 0 radical (unpaired) electrons. The van der Waals surface area contributed by atoms with Crippen molar-refractivity contribution in [1.82, 2.24) is 10.4 Å². The van der Waals surface area contributed by atoms with Crippen LogP contribution < -0.4 is 44.7 Å². The molecule has 2 aliphatic heterocycles. The largest absolute Gasteiger partial charge is 1.00 e. The molecule has 2 heterocycles. The van der Waals surface area contributed by atoms with Crippen molar-refractivity contribution in [3.63, 3.8) is 0 Å². The Labute approximate surface area is 176 Å². The van der Waals surface area contributed by atoms with Crippen LogP contribution in [0.4, 0.5) is 0 Å². The maximum absolute atomic E-state index is 12.4. The third-order valence-corrected chi connectivity index (χ3v) is 3.91. The zero-order valence-electron chi connectivity index (χ0n) is 14.5. The first-order valence-corrected chi connectivity index (χ1v) is 7.80. The van der Waals surface area contributed by atoms with Gasteiger partial charge in [-0.3, -0.25) is 19.2 Å². The number of para-hydroxylation sites is 1. The molecule has 2 saturated heterocycles. The molecule has 11 heteroatoms. The van der Waals surface area contributed by atoms with Gasteiger partial charge in [-0.25, -0.2) is 0 Å². The number of rotatable bonds is 6.